The topological polar surface area (TPSA) is 35.0 Å². The molecule has 0 atom stereocenters. The van der Waals surface area contributed by atoms with Crippen molar-refractivity contribution < 1.29 is 4.74 Å². The Balaban J connectivity index is 1.87. The fourth-order valence-corrected chi connectivity index (χ4v) is 1.48. The average molecular weight is 235 g/mol. The average Bonchev–Trinajstić information content (AvgIpc) is 2.33. The van der Waals surface area contributed by atoms with Crippen LogP contribution in [0.2, 0.25) is 5.15 Å². The molecule has 0 unspecified atom stereocenters. The highest BCUT2D eigenvalue weighted by molar-refractivity contribution is 6.30. The molecule has 0 N–H and O–H groups in total. The Morgan fingerprint density at radius 1 is 1.12 bits per heavy atom. The van der Waals surface area contributed by atoms with E-state index >= 15 is 0 Å². The minimum absolute atomic E-state index is 0.400. The summed E-state index contributed by atoms with van der Waals surface area (Å²) in [6, 6.07) is 7.54. The predicted molar refractivity (Wildman–Crippen MR) is 62.7 cm³/mol. The molecule has 0 bridgehead atoms. The van der Waals surface area contributed by atoms with Crippen molar-refractivity contribution in [1.82, 2.24) is 9.97 Å². The first-order chi connectivity index (χ1) is 7.86. The number of hydrogen-bond donors (Lipinski definition) is 0. The van der Waals surface area contributed by atoms with Gasteiger partial charge in [0.05, 0.1) is 6.61 Å². The molecule has 2 aromatic rings. The number of halogens is 1. The summed E-state index contributed by atoms with van der Waals surface area (Å²) in [7, 11) is 0. The lowest BCUT2D eigenvalue weighted by Crippen LogP contribution is -2.02. The zero-order chi connectivity index (χ0) is 11.2. The zero-order valence-electron chi connectivity index (χ0n) is 8.64. The maximum absolute atomic E-state index is 5.86. The Morgan fingerprint density at radius 2 is 1.94 bits per heavy atom. The normalized spacial score (nSPS) is 10.1. The minimum atomic E-state index is 0.400. The quantitative estimate of drug-likeness (QED) is 0.763. The van der Waals surface area contributed by atoms with Crippen molar-refractivity contribution in [2.45, 2.75) is 6.42 Å². The van der Waals surface area contributed by atoms with Gasteiger partial charge in [0.1, 0.15) is 0 Å². The summed E-state index contributed by atoms with van der Waals surface area (Å²) in [4.78, 5) is 7.89. The van der Waals surface area contributed by atoms with Gasteiger partial charge in [-0.2, -0.15) is 0 Å². The molecule has 0 amide bonds. The minimum Gasteiger partial charge on any atom is -0.490 e. The standard InChI is InChI=1S/C12H11ClN2O/c13-12-11(2-1-6-15-12)16-9-5-10-3-7-14-8-4-10/h1-4,6-8H,5,9H2. The maximum Gasteiger partial charge on any atom is 0.171 e. The molecule has 0 aliphatic carbocycles. The summed E-state index contributed by atoms with van der Waals surface area (Å²) in [6.07, 6.45) is 6.00. The number of rotatable bonds is 4. The monoisotopic (exact) mass is 234 g/mol. The van der Waals surface area contributed by atoms with Crippen molar-refractivity contribution in [3.63, 3.8) is 0 Å². The van der Waals surface area contributed by atoms with E-state index in [1.54, 1.807) is 24.7 Å². The highest BCUT2D eigenvalue weighted by Crippen LogP contribution is 2.20. The molecule has 0 saturated heterocycles. The van der Waals surface area contributed by atoms with E-state index in [0.717, 1.165) is 6.42 Å². The van der Waals surface area contributed by atoms with Crippen LogP contribution in [0, 0.1) is 0 Å². The van der Waals surface area contributed by atoms with Crippen LogP contribution in [0.25, 0.3) is 0 Å². The molecule has 0 spiro atoms. The first kappa shape index (κ1) is 10.9. The van der Waals surface area contributed by atoms with Crippen LogP contribution in [0.3, 0.4) is 0 Å². The SMILES string of the molecule is Clc1ncccc1OCCc1ccncc1. The van der Waals surface area contributed by atoms with Crippen LogP contribution in [0.1, 0.15) is 5.56 Å². The van der Waals surface area contributed by atoms with Gasteiger partial charge in [-0.3, -0.25) is 4.98 Å². The molecule has 2 aromatic heterocycles. The highest BCUT2D eigenvalue weighted by Gasteiger charge is 2.00. The van der Waals surface area contributed by atoms with Crippen LogP contribution >= 0.6 is 11.6 Å². The van der Waals surface area contributed by atoms with E-state index in [4.69, 9.17) is 16.3 Å². The van der Waals surface area contributed by atoms with Gasteiger partial charge in [0.25, 0.3) is 0 Å². The zero-order valence-corrected chi connectivity index (χ0v) is 9.39. The summed E-state index contributed by atoms with van der Waals surface area (Å²) in [5.41, 5.74) is 1.19. The Morgan fingerprint density at radius 3 is 2.69 bits per heavy atom. The molecular formula is C12H11ClN2O. The molecule has 0 aromatic carbocycles. The molecular weight excluding hydrogens is 224 g/mol. The van der Waals surface area contributed by atoms with Gasteiger partial charge in [0.2, 0.25) is 0 Å². The lowest BCUT2D eigenvalue weighted by atomic mass is 10.2. The van der Waals surface area contributed by atoms with Crippen molar-refractivity contribution in [3.8, 4) is 5.75 Å². The molecule has 0 aliphatic rings. The fraction of sp³-hybridized carbons (Fsp3) is 0.167. The van der Waals surface area contributed by atoms with E-state index in [0.29, 0.717) is 17.5 Å². The molecule has 0 aliphatic heterocycles. The second-order valence-electron chi connectivity index (χ2n) is 3.25. The van der Waals surface area contributed by atoms with Crippen molar-refractivity contribution in [2.75, 3.05) is 6.61 Å². The van der Waals surface area contributed by atoms with Crippen LogP contribution in [0.15, 0.2) is 42.9 Å². The summed E-state index contributed by atoms with van der Waals surface area (Å²) in [6.45, 7) is 0.579. The smallest absolute Gasteiger partial charge is 0.171 e. The van der Waals surface area contributed by atoms with Crippen LogP contribution in [0.4, 0.5) is 0 Å². The fourth-order valence-electron chi connectivity index (χ4n) is 1.31. The molecule has 16 heavy (non-hydrogen) atoms. The molecule has 4 heteroatoms. The van der Waals surface area contributed by atoms with Gasteiger partial charge in [-0.25, -0.2) is 4.98 Å². The predicted octanol–water partition coefficient (Wildman–Crippen LogP) is 2.75. The molecule has 2 heterocycles. The van der Waals surface area contributed by atoms with E-state index in [9.17, 15) is 0 Å². The Hall–Kier alpha value is -1.61. The van der Waals surface area contributed by atoms with E-state index in [1.807, 2.05) is 18.2 Å². The number of aromatic nitrogens is 2. The number of pyridine rings is 2. The van der Waals surface area contributed by atoms with Gasteiger partial charge in [0, 0.05) is 25.0 Å². The van der Waals surface area contributed by atoms with E-state index in [-0.39, 0.29) is 0 Å². The third kappa shape index (κ3) is 2.94. The summed E-state index contributed by atoms with van der Waals surface area (Å²) in [5.74, 6) is 0.623. The van der Waals surface area contributed by atoms with E-state index < -0.39 is 0 Å². The van der Waals surface area contributed by atoms with Crippen LogP contribution in [-0.2, 0) is 6.42 Å². The molecule has 0 fully saturated rings. The molecule has 2 rings (SSSR count). The Kier molecular flexibility index (Phi) is 3.72. The van der Waals surface area contributed by atoms with Crippen LogP contribution in [0.5, 0.6) is 5.75 Å². The van der Waals surface area contributed by atoms with Crippen LogP contribution in [-0.4, -0.2) is 16.6 Å². The van der Waals surface area contributed by atoms with Crippen molar-refractivity contribution >= 4 is 11.6 Å². The number of hydrogen-bond acceptors (Lipinski definition) is 3. The maximum atomic E-state index is 5.86. The van der Waals surface area contributed by atoms with Crippen LogP contribution < -0.4 is 4.74 Å². The van der Waals surface area contributed by atoms with Gasteiger partial charge < -0.3 is 4.74 Å². The van der Waals surface area contributed by atoms with E-state index in [2.05, 4.69) is 9.97 Å². The largest absolute Gasteiger partial charge is 0.490 e. The van der Waals surface area contributed by atoms with Crippen molar-refractivity contribution in [2.24, 2.45) is 0 Å². The number of nitrogens with zero attached hydrogens (tertiary/aromatic N) is 2. The second kappa shape index (κ2) is 5.47. The molecule has 0 saturated carbocycles. The summed E-state index contributed by atoms with van der Waals surface area (Å²) in [5, 5.41) is 0.400. The second-order valence-corrected chi connectivity index (χ2v) is 3.60. The summed E-state index contributed by atoms with van der Waals surface area (Å²) < 4.78 is 5.53. The number of ether oxygens (including phenoxy) is 1. The van der Waals surface area contributed by atoms with E-state index in [1.165, 1.54) is 5.56 Å². The van der Waals surface area contributed by atoms with Gasteiger partial charge in [-0.1, -0.05) is 11.6 Å². The Bertz CT molecular complexity index is 448. The van der Waals surface area contributed by atoms with Gasteiger partial charge in [-0.15, -0.1) is 0 Å². The summed E-state index contributed by atoms with van der Waals surface area (Å²) >= 11 is 5.86. The van der Waals surface area contributed by atoms with Gasteiger partial charge >= 0.3 is 0 Å². The lowest BCUT2D eigenvalue weighted by Gasteiger charge is -2.06. The van der Waals surface area contributed by atoms with Crippen molar-refractivity contribution in [3.05, 3.63) is 53.6 Å². The third-order valence-electron chi connectivity index (χ3n) is 2.12. The van der Waals surface area contributed by atoms with Crippen molar-refractivity contribution in [1.29, 1.82) is 0 Å². The third-order valence-corrected chi connectivity index (χ3v) is 2.41. The van der Waals surface area contributed by atoms with Gasteiger partial charge in [0.15, 0.2) is 10.9 Å². The molecule has 82 valence electrons. The Labute approximate surface area is 99.1 Å². The lowest BCUT2D eigenvalue weighted by molar-refractivity contribution is 0.321. The van der Waals surface area contributed by atoms with Gasteiger partial charge in [-0.05, 0) is 29.8 Å². The molecule has 3 nitrogen and oxygen atoms in total. The first-order valence-electron chi connectivity index (χ1n) is 4.98. The first-order valence-corrected chi connectivity index (χ1v) is 5.36. The highest BCUT2D eigenvalue weighted by atomic mass is 35.5. The molecule has 0 radical (unpaired) electrons.